The lowest BCUT2D eigenvalue weighted by atomic mass is 10.1. The van der Waals surface area contributed by atoms with Crippen LogP contribution in [0, 0.1) is 0 Å². The van der Waals surface area contributed by atoms with Gasteiger partial charge in [-0.3, -0.25) is 4.68 Å². The summed E-state index contributed by atoms with van der Waals surface area (Å²) < 4.78 is 8.67. The first-order valence-corrected chi connectivity index (χ1v) is 8.40. The molecule has 20 heavy (non-hydrogen) atoms. The average Bonchev–Trinajstić information content (AvgIpc) is 3.03. The van der Waals surface area contributed by atoms with E-state index in [1.54, 1.807) is 24.6 Å². The Morgan fingerprint density at radius 1 is 1.45 bits per heavy atom. The summed E-state index contributed by atoms with van der Waals surface area (Å²) >= 11 is 5.27. The highest BCUT2D eigenvalue weighted by molar-refractivity contribution is 9.11. The van der Waals surface area contributed by atoms with Crippen molar-refractivity contribution in [1.82, 2.24) is 15.1 Å². The second-order valence-corrected chi connectivity index (χ2v) is 6.95. The first kappa shape index (κ1) is 15.5. The van der Waals surface area contributed by atoms with Gasteiger partial charge in [0.1, 0.15) is 5.69 Å². The lowest BCUT2D eigenvalue weighted by Crippen LogP contribution is -2.24. The highest BCUT2D eigenvalue weighted by atomic mass is 79.9. The lowest BCUT2D eigenvalue weighted by Gasteiger charge is -2.19. The SMILES string of the molecule is CCCn1ncc(OC)c1C(NCC)c1ccc(Br)s1. The molecule has 0 aliphatic rings. The van der Waals surface area contributed by atoms with E-state index in [0.717, 1.165) is 34.7 Å². The predicted molar refractivity (Wildman–Crippen MR) is 86.6 cm³/mol. The number of nitrogens with zero attached hydrogens (tertiary/aromatic N) is 2. The molecule has 2 heterocycles. The average molecular weight is 358 g/mol. The van der Waals surface area contributed by atoms with Gasteiger partial charge in [-0.15, -0.1) is 11.3 Å². The minimum atomic E-state index is 0.111. The summed E-state index contributed by atoms with van der Waals surface area (Å²) in [7, 11) is 1.70. The molecule has 0 saturated carbocycles. The fourth-order valence-corrected chi connectivity index (χ4v) is 3.74. The van der Waals surface area contributed by atoms with Crippen LogP contribution in [0.2, 0.25) is 0 Å². The van der Waals surface area contributed by atoms with E-state index in [1.165, 1.54) is 4.88 Å². The summed E-state index contributed by atoms with van der Waals surface area (Å²) in [4.78, 5) is 1.26. The first-order chi connectivity index (χ1) is 9.71. The monoisotopic (exact) mass is 357 g/mol. The van der Waals surface area contributed by atoms with Gasteiger partial charge in [-0.05, 0) is 41.0 Å². The molecule has 6 heteroatoms. The van der Waals surface area contributed by atoms with Crippen molar-refractivity contribution in [3.8, 4) is 5.75 Å². The Morgan fingerprint density at radius 2 is 2.25 bits per heavy atom. The molecule has 1 atom stereocenters. The fraction of sp³-hybridized carbons (Fsp3) is 0.500. The molecule has 0 fully saturated rings. The van der Waals surface area contributed by atoms with Gasteiger partial charge in [0.05, 0.1) is 23.1 Å². The number of rotatable bonds is 7. The first-order valence-electron chi connectivity index (χ1n) is 6.79. The number of aromatic nitrogens is 2. The van der Waals surface area contributed by atoms with Crippen molar-refractivity contribution in [2.45, 2.75) is 32.9 Å². The Kier molecular flexibility index (Phi) is 5.63. The molecule has 1 unspecified atom stereocenters. The number of methoxy groups -OCH3 is 1. The van der Waals surface area contributed by atoms with Crippen LogP contribution >= 0.6 is 27.3 Å². The largest absolute Gasteiger partial charge is 0.493 e. The van der Waals surface area contributed by atoms with Gasteiger partial charge < -0.3 is 10.1 Å². The van der Waals surface area contributed by atoms with Gasteiger partial charge in [-0.2, -0.15) is 5.10 Å². The number of ether oxygens (including phenoxy) is 1. The highest BCUT2D eigenvalue weighted by Gasteiger charge is 2.24. The number of nitrogens with one attached hydrogen (secondary N) is 1. The van der Waals surface area contributed by atoms with Crippen LogP contribution in [0.15, 0.2) is 22.1 Å². The van der Waals surface area contributed by atoms with Crippen LogP contribution in [-0.4, -0.2) is 23.4 Å². The minimum absolute atomic E-state index is 0.111. The van der Waals surface area contributed by atoms with Gasteiger partial charge in [-0.25, -0.2) is 0 Å². The zero-order chi connectivity index (χ0) is 14.5. The molecule has 0 bridgehead atoms. The maximum absolute atomic E-state index is 5.50. The molecule has 0 radical (unpaired) electrons. The summed E-state index contributed by atoms with van der Waals surface area (Å²) in [6, 6.07) is 4.34. The highest BCUT2D eigenvalue weighted by Crippen LogP contribution is 2.35. The summed E-state index contributed by atoms with van der Waals surface area (Å²) in [5, 5.41) is 7.99. The molecule has 0 aromatic carbocycles. The Bertz CT molecular complexity index is 552. The zero-order valence-electron chi connectivity index (χ0n) is 12.0. The molecule has 4 nitrogen and oxygen atoms in total. The number of hydrogen-bond donors (Lipinski definition) is 1. The van der Waals surface area contributed by atoms with Gasteiger partial charge >= 0.3 is 0 Å². The lowest BCUT2D eigenvalue weighted by molar-refractivity contribution is 0.399. The maximum Gasteiger partial charge on any atom is 0.161 e. The van der Waals surface area contributed by atoms with E-state index in [0.29, 0.717) is 0 Å². The Labute approximate surface area is 132 Å². The van der Waals surface area contributed by atoms with E-state index >= 15 is 0 Å². The zero-order valence-corrected chi connectivity index (χ0v) is 14.4. The minimum Gasteiger partial charge on any atom is -0.493 e. The van der Waals surface area contributed by atoms with Crippen LogP contribution in [0.25, 0.3) is 0 Å². The number of hydrogen-bond acceptors (Lipinski definition) is 4. The third-order valence-electron chi connectivity index (χ3n) is 3.06. The fourth-order valence-electron chi connectivity index (χ4n) is 2.24. The molecule has 0 aliphatic carbocycles. The molecule has 0 spiro atoms. The van der Waals surface area contributed by atoms with Crippen LogP contribution in [0.3, 0.4) is 0 Å². The second kappa shape index (κ2) is 7.24. The van der Waals surface area contributed by atoms with E-state index in [-0.39, 0.29) is 6.04 Å². The molecule has 110 valence electrons. The van der Waals surface area contributed by atoms with Gasteiger partial charge in [0.15, 0.2) is 5.75 Å². The van der Waals surface area contributed by atoms with Gasteiger partial charge in [0.2, 0.25) is 0 Å². The number of thiophene rings is 1. The van der Waals surface area contributed by atoms with E-state index in [4.69, 9.17) is 4.74 Å². The van der Waals surface area contributed by atoms with Crippen LogP contribution in [0.4, 0.5) is 0 Å². The third kappa shape index (κ3) is 3.24. The topological polar surface area (TPSA) is 39.1 Å². The maximum atomic E-state index is 5.50. The van der Waals surface area contributed by atoms with E-state index in [9.17, 15) is 0 Å². The van der Waals surface area contributed by atoms with Crippen LogP contribution in [0.1, 0.15) is 36.9 Å². The smallest absolute Gasteiger partial charge is 0.161 e. The Balaban J connectivity index is 2.44. The Hall–Kier alpha value is -0.850. The summed E-state index contributed by atoms with van der Waals surface area (Å²) in [6.07, 6.45) is 2.85. The Morgan fingerprint density at radius 3 is 2.80 bits per heavy atom. The van der Waals surface area contributed by atoms with Crippen molar-refractivity contribution in [3.63, 3.8) is 0 Å². The van der Waals surface area contributed by atoms with Crippen molar-refractivity contribution >= 4 is 27.3 Å². The van der Waals surface area contributed by atoms with Crippen molar-refractivity contribution in [2.24, 2.45) is 0 Å². The third-order valence-corrected chi connectivity index (χ3v) is 4.75. The van der Waals surface area contributed by atoms with Gasteiger partial charge in [0, 0.05) is 11.4 Å². The van der Waals surface area contributed by atoms with Crippen molar-refractivity contribution in [2.75, 3.05) is 13.7 Å². The standard InChI is InChI=1S/C14H20BrN3OS/c1-4-8-18-14(10(19-3)9-17-18)13(16-5-2)11-6-7-12(15)20-11/h6-7,9,13,16H,4-5,8H2,1-3H3. The normalized spacial score (nSPS) is 12.6. The number of halogens is 1. The van der Waals surface area contributed by atoms with E-state index < -0.39 is 0 Å². The van der Waals surface area contributed by atoms with Crippen LogP contribution < -0.4 is 10.1 Å². The van der Waals surface area contributed by atoms with Crippen molar-refractivity contribution in [1.29, 1.82) is 0 Å². The summed E-state index contributed by atoms with van der Waals surface area (Å²) in [5.74, 6) is 0.842. The number of aryl methyl sites for hydroxylation is 1. The van der Waals surface area contributed by atoms with Crippen LogP contribution in [0.5, 0.6) is 5.75 Å². The van der Waals surface area contributed by atoms with Gasteiger partial charge in [-0.1, -0.05) is 13.8 Å². The molecule has 2 aromatic rings. The molecule has 0 saturated heterocycles. The van der Waals surface area contributed by atoms with E-state index in [2.05, 4.69) is 52.3 Å². The molecule has 2 aromatic heterocycles. The van der Waals surface area contributed by atoms with Crippen molar-refractivity contribution < 1.29 is 4.74 Å². The second-order valence-electron chi connectivity index (χ2n) is 4.45. The van der Waals surface area contributed by atoms with E-state index in [1.807, 2.05) is 4.68 Å². The predicted octanol–water partition coefficient (Wildman–Crippen LogP) is 3.82. The van der Waals surface area contributed by atoms with Gasteiger partial charge in [0.25, 0.3) is 0 Å². The molecule has 2 rings (SSSR count). The molecule has 1 N–H and O–H groups in total. The summed E-state index contributed by atoms with van der Waals surface area (Å²) in [6.45, 7) is 6.05. The van der Waals surface area contributed by atoms with Crippen LogP contribution in [-0.2, 0) is 6.54 Å². The summed E-state index contributed by atoms with van der Waals surface area (Å²) in [5.41, 5.74) is 1.10. The molecule has 0 aliphatic heterocycles. The molecular weight excluding hydrogens is 338 g/mol. The quantitative estimate of drug-likeness (QED) is 0.818. The molecular formula is C14H20BrN3OS. The van der Waals surface area contributed by atoms with Crippen molar-refractivity contribution in [3.05, 3.63) is 32.7 Å². The molecule has 0 amide bonds.